The van der Waals surface area contributed by atoms with Crippen LogP contribution >= 0.6 is 0 Å². The van der Waals surface area contributed by atoms with E-state index < -0.39 is 17.5 Å². The number of halogens is 2. The monoisotopic (exact) mass is 333 g/mol. The number of amides is 1. The van der Waals surface area contributed by atoms with Crippen molar-refractivity contribution >= 4 is 16.9 Å². The van der Waals surface area contributed by atoms with Crippen LogP contribution in [-0.4, -0.2) is 27.3 Å². The molecule has 0 unspecified atom stereocenters. The maximum absolute atomic E-state index is 13.5. The minimum absolute atomic E-state index is 0.0406. The molecule has 3 aromatic rings. The Kier molecular flexibility index (Phi) is 4.39. The number of hydrogen-bond donors (Lipinski definition) is 2. The summed E-state index contributed by atoms with van der Waals surface area (Å²) in [6, 6.07) is 7.85. The normalized spacial score (nSPS) is 10.8. The number of fused-ring (bicyclic) bond motifs is 1. The Morgan fingerprint density at radius 2 is 2.08 bits per heavy atom. The molecule has 0 aliphatic rings. The third-order valence-corrected chi connectivity index (χ3v) is 3.47. The third kappa shape index (κ3) is 3.18. The van der Waals surface area contributed by atoms with Crippen molar-refractivity contribution in [3.05, 3.63) is 59.9 Å². The number of nitrogens with zero attached hydrogens (tertiary/aromatic N) is 2. The van der Waals surface area contributed by atoms with Crippen LogP contribution in [0.25, 0.3) is 11.0 Å². The first-order valence-electron chi connectivity index (χ1n) is 7.05. The van der Waals surface area contributed by atoms with E-state index in [1.807, 2.05) is 0 Å². The predicted molar refractivity (Wildman–Crippen MR) is 80.8 cm³/mol. The Hall–Kier alpha value is -3.00. The largest absolute Gasteiger partial charge is 0.489 e. The molecule has 0 fully saturated rings. The van der Waals surface area contributed by atoms with Gasteiger partial charge in [-0.1, -0.05) is 0 Å². The van der Waals surface area contributed by atoms with Crippen molar-refractivity contribution in [2.45, 2.75) is 6.54 Å². The molecule has 2 aromatic carbocycles. The summed E-state index contributed by atoms with van der Waals surface area (Å²) in [5.74, 6) is -2.11. The van der Waals surface area contributed by atoms with Gasteiger partial charge in [-0.05, 0) is 30.3 Å². The molecule has 1 amide bonds. The molecular weight excluding hydrogens is 320 g/mol. The fraction of sp³-hybridized carbons (Fsp3) is 0.125. The lowest BCUT2D eigenvalue weighted by Crippen LogP contribution is -2.18. The number of aromatic nitrogens is 2. The molecule has 0 saturated heterocycles. The minimum Gasteiger partial charge on any atom is -0.489 e. The SMILES string of the molecule is O=C(NO)c1ccc2ncn(CCOc3ccc(F)cc3F)c2c1. The van der Waals surface area contributed by atoms with E-state index >= 15 is 0 Å². The Bertz CT molecular complexity index is 895. The lowest BCUT2D eigenvalue weighted by molar-refractivity contribution is 0.0706. The molecule has 24 heavy (non-hydrogen) atoms. The Labute approximate surface area is 135 Å². The second-order valence-electron chi connectivity index (χ2n) is 5.01. The van der Waals surface area contributed by atoms with Gasteiger partial charge in [0.25, 0.3) is 5.91 Å². The number of carbonyl (C=O) groups excluding carboxylic acids is 1. The van der Waals surface area contributed by atoms with Crippen molar-refractivity contribution in [3.63, 3.8) is 0 Å². The van der Waals surface area contributed by atoms with E-state index in [9.17, 15) is 13.6 Å². The molecule has 1 aromatic heterocycles. The molecule has 0 aliphatic heterocycles. The van der Waals surface area contributed by atoms with Gasteiger partial charge in [0.1, 0.15) is 12.4 Å². The van der Waals surface area contributed by atoms with Crippen molar-refractivity contribution in [2.24, 2.45) is 0 Å². The van der Waals surface area contributed by atoms with Crippen LogP contribution in [0.15, 0.2) is 42.7 Å². The Morgan fingerprint density at radius 1 is 1.25 bits per heavy atom. The molecule has 8 heteroatoms. The Morgan fingerprint density at radius 3 is 2.83 bits per heavy atom. The number of benzene rings is 2. The van der Waals surface area contributed by atoms with Gasteiger partial charge in [-0.3, -0.25) is 10.0 Å². The van der Waals surface area contributed by atoms with Gasteiger partial charge in [-0.2, -0.15) is 0 Å². The van der Waals surface area contributed by atoms with Gasteiger partial charge in [0.2, 0.25) is 0 Å². The highest BCUT2D eigenvalue weighted by molar-refractivity contribution is 5.96. The number of nitrogens with one attached hydrogen (secondary N) is 1. The second kappa shape index (κ2) is 6.63. The van der Waals surface area contributed by atoms with Gasteiger partial charge in [0.05, 0.1) is 23.9 Å². The summed E-state index contributed by atoms with van der Waals surface area (Å²) >= 11 is 0. The third-order valence-electron chi connectivity index (χ3n) is 3.47. The maximum atomic E-state index is 13.5. The minimum atomic E-state index is -0.771. The maximum Gasteiger partial charge on any atom is 0.274 e. The zero-order chi connectivity index (χ0) is 17.1. The van der Waals surface area contributed by atoms with Gasteiger partial charge in [0.15, 0.2) is 11.6 Å². The number of hydrogen-bond acceptors (Lipinski definition) is 4. The van der Waals surface area contributed by atoms with Crippen LogP contribution in [0.3, 0.4) is 0 Å². The number of imidazole rings is 1. The smallest absolute Gasteiger partial charge is 0.274 e. The first-order chi connectivity index (χ1) is 11.6. The zero-order valence-corrected chi connectivity index (χ0v) is 12.4. The fourth-order valence-electron chi connectivity index (χ4n) is 2.29. The summed E-state index contributed by atoms with van der Waals surface area (Å²) in [5, 5.41) is 8.69. The zero-order valence-electron chi connectivity index (χ0n) is 12.4. The van der Waals surface area contributed by atoms with Crippen molar-refractivity contribution in [1.82, 2.24) is 15.0 Å². The topological polar surface area (TPSA) is 76.4 Å². The standard InChI is InChI=1S/C16H13F2N3O3/c17-11-2-4-15(12(18)8-11)24-6-5-21-9-19-13-3-1-10(7-14(13)21)16(22)20-23/h1-4,7-9,23H,5-6H2,(H,20,22). The average Bonchev–Trinajstić information content (AvgIpc) is 2.98. The summed E-state index contributed by atoms with van der Waals surface area (Å²) < 4.78 is 33.4. The van der Waals surface area contributed by atoms with Gasteiger partial charge < -0.3 is 9.30 Å². The Balaban J connectivity index is 1.74. The lowest BCUT2D eigenvalue weighted by Gasteiger charge is -2.09. The lowest BCUT2D eigenvalue weighted by atomic mass is 10.2. The highest BCUT2D eigenvalue weighted by Gasteiger charge is 2.09. The second-order valence-corrected chi connectivity index (χ2v) is 5.01. The highest BCUT2D eigenvalue weighted by Crippen LogP contribution is 2.18. The van der Waals surface area contributed by atoms with E-state index in [1.165, 1.54) is 12.1 Å². The first kappa shape index (κ1) is 15.9. The van der Waals surface area contributed by atoms with Crippen LogP contribution in [0.1, 0.15) is 10.4 Å². The van der Waals surface area contributed by atoms with Gasteiger partial charge >= 0.3 is 0 Å². The van der Waals surface area contributed by atoms with Gasteiger partial charge in [0, 0.05) is 11.6 Å². The molecule has 6 nitrogen and oxygen atoms in total. The molecule has 124 valence electrons. The average molecular weight is 333 g/mol. The van der Waals surface area contributed by atoms with Gasteiger partial charge in [-0.25, -0.2) is 19.2 Å². The van der Waals surface area contributed by atoms with Crippen LogP contribution in [0.4, 0.5) is 8.78 Å². The van der Waals surface area contributed by atoms with Crippen LogP contribution in [0.2, 0.25) is 0 Å². The molecule has 0 atom stereocenters. The molecule has 0 radical (unpaired) electrons. The summed E-state index contributed by atoms with van der Waals surface area (Å²) in [6.07, 6.45) is 1.57. The number of hydroxylamine groups is 1. The van der Waals surface area contributed by atoms with E-state index in [1.54, 1.807) is 28.5 Å². The van der Waals surface area contributed by atoms with E-state index in [4.69, 9.17) is 9.94 Å². The van der Waals surface area contributed by atoms with Gasteiger partial charge in [-0.15, -0.1) is 0 Å². The number of rotatable bonds is 5. The number of carbonyl (C=O) groups is 1. The van der Waals surface area contributed by atoms with Crippen LogP contribution in [-0.2, 0) is 6.54 Å². The molecular formula is C16H13F2N3O3. The summed E-state index contributed by atoms with van der Waals surface area (Å²) in [4.78, 5) is 15.7. The van der Waals surface area contributed by atoms with Crippen LogP contribution in [0.5, 0.6) is 5.75 Å². The number of ether oxygens (including phenoxy) is 1. The van der Waals surface area contributed by atoms with Crippen molar-refractivity contribution < 1.29 is 23.5 Å². The van der Waals surface area contributed by atoms with Crippen molar-refractivity contribution in [2.75, 3.05) is 6.61 Å². The van der Waals surface area contributed by atoms with Crippen molar-refractivity contribution in [1.29, 1.82) is 0 Å². The van der Waals surface area contributed by atoms with E-state index in [-0.39, 0.29) is 17.9 Å². The molecule has 0 spiro atoms. The van der Waals surface area contributed by atoms with E-state index in [0.29, 0.717) is 17.6 Å². The highest BCUT2D eigenvalue weighted by atomic mass is 19.1. The molecule has 1 heterocycles. The fourth-order valence-corrected chi connectivity index (χ4v) is 2.29. The van der Waals surface area contributed by atoms with Crippen LogP contribution in [0, 0.1) is 11.6 Å². The summed E-state index contributed by atoms with van der Waals surface area (Å²) in [7, 11) is 0. The van der Waals surface area contributed by atoms with E-state index in [2.05, 4.69) is 4.98 Å². The first-order valence-corrected chi connectivity index (χ1v) is 7.05. The molecule has 2 N–H and O–H groups in total. The molecule has 0 bridgehead atoms. The molecule has 0 saturated carbocycles. The quantitative estimate of drug-likeness (QED) is 0.556. The molecule has 0 aliphatic carbocycles. The summed E-state index contributed by atoms with van der Waals surface area (Å²) in [5.41, 5.74) is 3.17. The van der Waals surface area contributed by atoms with E-state index in [0.717, 1.165) is 12.1 Å². The molecule has 3 rings (SSSR count). The van der Waals surface area contributed by atoms with Crippen molar-refractivity contribution in [3.8, 4) is 5.75 Å². The van der Waals surface area contributed by atoms with Crippen LogP contribution < -0.4 is 10.2 Å². The summed E-state index contributed by atoms with van der Waals surface area (Å²) in [6.45, 7) is 0.474. The predicted octanol–water partition coefficient (Wildman–Crippen LogP) is 2.51.